The molecule has 0 radical (unpaired) electrons. The number of aromatic nitrogens is 2. The monoisotopic (exact) mass is 298 g/mol. The Morgan fingerprint density at radius 3 is 2.77 bits per heavy atom. The predicted octanol–water partition coefficient (Wildman–Crippen LogP) is 4.54. The van der Waals surface area contributed by atoms with Crippen molar-refractivity contribution in [3.8, 4) is 11.6 Å². The van der Waals surface area contributed by atoms with E-state index in [9.17, 15) is 4.79 Å². The topological polar surface area (TPSA) is 56.2 Å². The second-order valence-corrected chi connectivity index (χ2v) is 6.03. The van der Waals surface area contributed by atoms with Crippen LogP contribution in [0.5, 0.6) is 11.6 Å². The molecule has 3 aromatic rings. The van der Waals surface area contributed by atoms with Crippen LogP contribution in [0.15, 0.2) is 48.8 Å². The molecule has 0 aliphatic heterocycles. The molecule has 0 spiro atoms. The highest BCUT2D eigenvalue weighted by Crippen LogP contribution is 2.26. The zero-order valence-corrected chi connectivity index (χ0v) is 12.8. The van der Waals surface area contributed by atoms with Crippen LogP contribution in [0.3, 0.4) is 0 Å². The third-order valence-electron chi connectivity index (χ3n) is 3.05. The summed E-state index contributed by atoms with van der Waals surface area (Å²) < 4.78 is 12.5. The summed E-state index contributed by atoms with van der Waals surface area (Å²) >= 11 is 0. The van der Waals surface area contributed by atoms with E-state index in [1.807, 2.05) is 51.2 Å². The molecule has 0 amide bonds. The molecule has 1 N–H and O–H groups in total. The normalized spacial score (nSPS) is 11.6. The predicted molar refractivity (Wildman–Crippen MR) is 84.4 cm³/mol. The van der Waals surface area contributed by atoms with E-state index >= 15 is 0 Å². The van der Waals surface area contributed by atoms with Gasteiger partial charge in [-0.15, -0.1) is 0 Å². The minimum Gasteiger partial charge on any atom is -0.443 e. The van der Waals surface area contributed by atoms with Crippen LogP contribution >= 0.6 is 0 Å². The standard InChI is InChI=1S/C17H18N2O3/c1-17(2,3)22-16(20)19-10-4-5-15(19)21-13-7-6-12-8-9-18-14(12)11-13/h4-11,18H,1-3H3. The molecule has 2 aromatic heterocycles. The third kappa shape index (κ3) is 2.98. The molecule has 0 atom stereocenters. The van der Waals surface area contributed by atoms with Crippen LogP contribution in [0.25, 0.3) is 10.9 Å². The van der Waals surface area contributed by atoms with Crippen molar-refractivity contribution in [3.63, 3.8) is 0 Å². The maximum atomic E-state index is 12.2. The molecule has 0 fully saturated rings. The molecule has 5 heteroatoms. The van der Waals surface area contributed by atoms with Crippen LogP contribution in [0.1, 0.15) is 20.8 Å². The van der Waals surface area contributed by atoms with E-state index in [-0.39, 0.29) is 0 Å². The van der Waals surface area contributed by atoms with Crippen LogP contribution in [0, 0.1) is 0 Å². The minimum atomic E-state index is -0.554. The van der Waals surface area contributed by atoms with E-state index in [1.165, 1.54) is 4.57 Å². The number of hydrogen-bond acceptors (Lipinski definition) is 3. The summed E-state index contributed by atoms with van der Waals surface area (Å²) in [4.78, 5) is 15.3. The lowest BCUT2D eigenvalue weighted by Crippen LogP contribution is -2.26. The summed E-state index contributed by atoms with van der Waals surface area (Å²) in [7, 11) is 0. The van der Waals surface area contributed by atoms with Crippen LogP contribution in [0.2, 0.25) is 0 Å². The van der Waals surface area contributed by atoms with Crippen molar-refractivity contribution in [1.82, 2.24) is 9.55 Å². The molecule has 5 nitrogen and oxygen atoms in total. The molecule has 0 aliphatic rings. The number of hydrogen-bond donors (Lipinski definition) is 1. The zero-order valence-electron chi connectivity index (χ0n) is 12.8. The number of nitrogens with zero attached hydrogens (tertiary/aromatic N) is 1. The highest BCUT2D eigenvalue weighted by Gasteiger charge is 2.20. The Kier molecular flexibility index (Phi) is 3.41. The van der Waals surface area contributed by atoms with Gasteiger partial charge in [0, 0.05) is 30.0 Å². The Bertz CT molecular complexity index is 809. The van der Waals surface area contributed by atoms with Crippen LogP contribution in [-0.2, 0) is 4.74 Å². The van der Waals surface area contributed by atoms with Gasteiger partial charge in [0.05, 0.1) is 0 Å². The van der Waals surface area contributed by atoms with Gasteiger partial charge < -0.3 is 14.5 Å². The number of nitrogens with one attached hydrogen (secondary N) is 1. The largest absolute Gasteiger partial charge is 0.443 e. The second-order valence-electron chi connectivity index (χ2n) is 6.03. The third-order valence-corrected chi connectivity index (χ3v) is 3.05. The van der Waals surface area contributed by atoms with Crippen molar-refractivity contribution in [1.29, 1.82) is 0 Å². The number of carbonyl (C=O) groups excluding carboxylic acids is 1. The molecule has 0 saturated carbocycles. The number of carbonyl (C=O) groups is 1. The Balaban J connectivity index is 1.84. The highest BCUT2D eigenvalue weighted by atomic mass is 16.6. The number of fused-ring (bicyclic) bond motifs is 1. The Labute approximate surface area is 128 Å². The first kappa shape index (κ1) is 14.3. The second kappa shape index (κ2) is 5.26. The lowest BCUT2D eigenvalue weighted by Gasteiger charge is -2.20. The van der Waals surface area contributed by atoms with Crippen molar-refractivity contribution in [2.75, 3.05) is 0 Å². The lowest BCUT2D eigenvalue weighted by atomic mass is 10.2. The quantitative estimate of drug-likeness (QED) is 0.755. The summed E-state index contributed by atoms with van der Waals surface area (Å²) in [5, 5.41) is 1.11. The number of benzene rings is 1. The van der Waals surface area contributed by atoms with Gasteiger partial charge in [0.25, 0.3) is 0 Å². The van der Waals surface area contributed by atoms with Gasteiger partial charge in [0.1, 0.15) is 11.4 Å². The van der Waals surface area contributed by atoms with Crippen molar-refractivity contribution in [2.45, 2.75) is 26.4 Å². The van der Waals surface area contributed by atoms with Gasteiger partial charge in [0.15, 0.2) is 0 Å². The summed E-state index contributed by atoms with van der Waals surface area (Å²) in [5.74, 6) is 1.07. The first-order valence-electron chi connectivity index (χ1n) is 7.08. The van der Waals surface area contributed by atoms with Crippen molar-refractivity contribution in [3.05, 3.63) is 48.8 Å². The van der Waals surface area contributed by atoms with E-state index < -0.39 is 11.7 Å². The Hall–Kier alpha value is -2.69. The van der Waals surface area contributed by atoms with Gasteiger partial charge in [-0.2, -0.15) is 0 Å². The number of ether oxygens (including phenoxy) is 2. The van der Waals surface area contributed by atoms with E-state index in [4.69, 9.17) is 9.47 Å². The van der Waals surface area contributed by atoms with Gasteiger partial charge in [-0.05, 0) is 50.4 Å². The molecule has 0 saturated heterocycles. The van der Waals surface area contributed by atoms with Crippen molar-refractivity contribution < 1.29 is 14.3 Å². The highest BCUT2D eigenvalue weighted by molar-refractivity contribution is 5.80. The summed E-state index contributed by atoms with van der Waals surface area (Å²) in [6.07, 6.45) is 3.03. The van der Waals surface area contributed by atoms with E-state index in [1.54, 1.807) is 18.3 Å². The van der Waals surface area contributed by atoms with Gasteiger partial charge in [-0.3, -0.25) is 0 Å². The maximum absolute atomic E-state index is 12.2. The molecule has 114 valence electrons. The van der Waals surface area contributed by atoms with E-state index in [0.29, 0.717) is 11.6 Å². The average molecular weight is 298 g/mol. The van der Waals surface area contributed by atoms with Gasteiger partial charge in [-0.25, -0.2) is 9.36 Å². The molecule has 0 aliphatic carbocycles. The smallest absolute Gasteiger partial charge is 0.421 e. The number of rotatable bonds is 2. The molecule has 0 unspecified atom stereocenters. The average Bonchev–Trinajstić information content (AvgIpc) is 3.04. The van der Waals surface area contributed by atoms with Gasteiger partial charge in [0.2, 0.25) is 5.88 Å². The molecular weight excluding hydrogens is 280 g/mol. The van der Waals surface area contributed by atoms with E-state index in [0.717, 1.165) is 10.9 Å². The fraction of sp³-hybridized carbons (Fsp3) is 0.235. The first-order valence-corrected chi connectivity index (χ1v) is 7.08. The Morgan fingerprint density at radius 2 is 2.00 bits per heavy atom. The Morgan fingerprint density at radius 1 is 1.18 bits per heavy atom. The lowest BCUT2D eigenvalue weighted by molar-refractivity contribution is 0.0527. The summed E-state index contributed by atoms with van der Waals surface area (Å²) in [6.45, 7) is 5.48. The number of H-pyrrole nitrogens is 1. The van der Waals surface area contributed by atoms with Gasteiger partial charge >= 0.3 is 6.09 Å². The van der Waals surface area contributed by atoms with Crippen LogP contribution in [-0.4, -0.2) is 21.2 Å². The molecule has 2 heterocycles. The fourth-order valence-electron chi connectivity index (χ4n) is 2.12. The summed E-state index contributed by atoms with van der Waals surface area (Å²) in [5.41, 5.74) is 0.426. The van der Waals surface area contributed by atoms with Crippen LogP contribution < -0.4 is 4.74 Å². The molecule has 3 rings (SSSR count). The molecule has 0 bridgehead atoms. The zero-order chi connectivity index (χ0) is 15.7. The van der Waals surface area contributed by atoms with E-state index in [2.05, 4.69) is 4.98 Å². The summed E-state index contributed by atoms with van der Waals surface area (Å²) in [6, 6.07) is 11.2. The van der Waals surface area contributed by atoms with Crippen molar-refractivity contribution in [2.24, 2.45) is 0 Å². The van der Waals surface area contributed by atoms with Gasteiger partial charge in [-0.1, -0.05) is 0 Å². The maximum Gasteiger partial charge on any atom is 0.421 e. The van der Waals surface area contributed by atoms with Crippen LogP contribution in [0.4, 0.5) is 4.79 Å². The number of aromatic amines is 1. The molecule has 22 heavy (non-hydrogen) atoms. The molecule has 1 aromatic carbocycles. The first-order chi connectivity index (χ1) is 10.4. The molecular formula is C17H18N2O3. The van der Waals surface area contributed by atoms with Crippen molar-refractivity contribution >= 4 is 17.0 Å². The fourth-order valence-corrected chi connectivity index (χ4v) is 2.12. The SMILES string of the molecule is CC(C)(C)OC(=O)n1cccc1Oc1ccc2cc[nH]c2c1. The minimum absolute atomic E-state index is 0.417.